The van der Waals surface area contributed by atoms with Gasteiger partial charge in [-0.2, -0.15) is 0 Å². The lowest BCUT2D eigenvalue weighted by molar-refractivity contribution is -0.165. The normalized spacial score (nSPS) is 21.4. The Morgan fingerprint density at radius 1 is 1.36 bits per heavy atom. The number of hydrogen-bond donors (Lipinski definition) is 0. The Hall–Kier alpha value is -0.990. The van der Waals surface area contributed by atoms with Crippen molar-refractivity contribution < 1.29 is 14.3 Å². The lowest BCUT2D eigenvalue weighted by Gasteiger charge is -2.16. The summed E-state index contributed by atoms with van der Waals surface area (Å²) in [7, 11) is 0. The molecular formula is C11H16O3. The first-order valence-electron chi connectivity index (χ1n) is 5.22. The highest BCUT2D eigenvalue weighted by molar-refractivity contribution is 5.66. The molecule has 2 rings (SSSR count). The van der Waals surface area contributed by atoms with Crippen molar-refractivity contribution in [3.8, 4) is 0 Å². The maximum Gasteiger partial charge on any atom is 0.305 e. The van der Waals surface area contributed by atoms with Gasteiger partial charge in [0.25, 0.3) is 0 Å². The SMILES string of the molecule is CC(=O)OC(C)OC(=C1CC1)C1CC1. The molecule has 2 aliphatic carbocycles. The van der Waals surface area contributed by atoms with Crippen LogP contribution in [0.3, 0.4) is 0 Å². The van der Waals surface area contributed by atoms with Crippen LogP contribution in [-0.4, -0.2) is 12.3 Å². The summed E-state index contributed by atoms with van der Waals surface area (Å²) in [5, 5.41) is 0. The van der Waals surface area contributed by atoms with Crippen molar-refractivity contribution in [2.45, 2.75) is 45.8 Å². The zero-order valence-corrected chi connectivity index (χ0v) is 8.71. The molecule has 1 atom stereocenters. The van der Waals surface area contributed by atoms with Crippen LogP contribution in [0.2, 0.25) is 0 Å². The van der Waals surface area contributed by atoms with E-state index in [9.17, 15) is 4.79 Å². The van der Waals surface area contributed by atoms with Crippen molar-refractivity contribution in [2.75, 3.05) is 0 Å². The third-order valence-corrected chi connectivity index (χ3v) is 2.42. The summed E-state index contributed by atoms with van der Waals surface area (Å²) in [6.45, 7) is 3.17. The minimum absolute atomic E-state index is 0.284. The molecular weight excluding hydrogens is 180 g/mol. The number of carbonyl (C=O) groups excluding carboxylic acids is 1. The molecule has 0 bridgehead atoms. The molecule has 0 radical (unpaired) electrons. The van der Waals surface area contributed by atoms with Gasteiger partial charge in [-0.25, -0.2) is 0 Å². The Balaban J connectivity index is 1.88. The molecule has 0 spiro atoms. The molecule has 0 heterocycles. The molecule has 0 saturated heterocycles. The number of ether oxygens (including phenoxy) is 2. The van der Waals surface area contributed by atoms with Gasteiger partial charge in [-0.3, -0.25) is 4.79 Å². The minimum atomic E-state index is -0.434. The summed E-state index contributed by atoms with van der Waals surface area (Å²) >= 11 is 0. The summed E-state index contributed by atoms with van der Waals surface area (Å²) in [6, 6.07) is 0. The predicted octanol–water partition coefficient (Wildman–Crippen LogP) is 2.37. The van der Waals surface area contributed by atoms with Crippen molar-refractivity contribution >= 4 is 5.97 Å². The Bertz CT molecular complexity index is 270. The zero-order chi connectivity index (χ0) is 10.1. The third-order valence-electron chi connectivity index (χ3n) is 2.42. The number of rotatable bonds is 4. The van der Waals surface area contributed by atoms with E-state index < -0.39 is 6.29 Å². The zero-order valence-electron chi connectivity index (χ0n) is 8.71. The molecule has 3 nitrogen and oxygen atoms in total. The van der Waals surface area contributed by atoms with E-state index in [1.807, 2.05) is 0 Å². The monoisotopic (exact) mass is 196 g/mol. The summed E-state index contributed by atoms with van der Waals surface area (Å²) in [4.78, 5) is 10.7. The number of hydrogen-bond acceptors (Lipinski definition) is 3. The van der Waals surface area contributed by atoms with Gasteiger partial charge < -0.3 is 9.47 Å². The molecule has 0 aromatic heterocycles. The minimum Gasteiger partial charge on any atom is -0.459 e. The quantitative estimate of drug-likeness (QED) is 0.393. The van der Waals surface area contributed by atoms with Gasteiger partial charge in [0.05, 0.1) is 0 Å². The molecule has 2 fully saturated rings. The van der Waals surface area contributed by atoms with Gasteiger partial charge in [0.2, 0.25) is 6.29 Å². The van der Waals surface area contributed by atoms with Gasteiger partial charge in [-0.05, 0) is 31.3 Å². The van der Waals surface area contributed by atoms with Gasteiger partial charge in [0, 0.05) is 19.8 Å². The van der Waals surface area contributed by atoms with Crippen LogP contribution in [0.1, 0.15) is 39.5 Å². The van der Waals surface area contributed by atoms with Gasteiger partial charge in [0.15, 0.2) is 0 Å². The molecule has 0 N–H and O–H groups in total. The molecule has 2 aliphatic rings. The van der Waals surface area contributed by atoms with Crippen LogP contribution in [0.25, 0.3) is 0 Å². The molecule has 0 amide bonds. The first-order chi connectivity index (χ1) is 6.66. The molecule has 2 saturated carbocycles. The maximum absolute atomic E-state index is 10.7. The van der Waals surface area contributed by atoms with Crippen LogP contribution in [-0.2, 0) is 14.3 Å². The maximum atomic E-state index is 10.7. The molecule has 0 aromatic rings. The molecule has 3 heteroatoms. The van der Waals surface area contributed by atoms with Gasteiger partial charge in [-0.1, -0.05) is 0 Å². The van der Waals surface area contributed by atoms with Crippen LogP contribution in [0.4, 0.5) is 0 Å². The second-order valence-electron chi connectivity index (χ2n) is 4.04. The Morgan fingerprint density at radius 3 is 2.43 bits per heavy atom. The van der Waals surface area contributed by atoms with E-state index in [0.29, 0.717) is 5.92 Å². The van der Waals surface area contributed by atoms with E-state index in [2.05, 4.69) is 0 Å². The lowest BCUT2D eigenvalue weighted by Crippen LogP contribution is -2.16. The fraction of sp³-hybridized carbons (Fsp3) is 0.727. The van der Waals surface area contributed by atoms with Gasteiger partial charge >= 0.3 is 5.97 Å². The van der Waals surface area contributed by atoms with E-state index in [1.54, 1.807) is 6.92 Å². The fourth-order valence-electron chi connectivity index (χ4n) is 1.56. The Kier molecular flexibility index (Phi) is 2.48. The van der Waals surface area contributed by atoms with E-state index in [4.69, 9.17) is 9.47 Å². The third kappa shape index (κ3) is 2.50. The summed E-state index contributed by atoms with van der Waals surface area (Å²) in [5.41, 5.74) is 1.42. The number of esters is 1. The van der Waals surface area contributed by atoms with E-state index in [-0.39, 0.29) is 5.97 Å². The number of carbonyl (C=O) groups is 1. The van der Waals surface area contributed by atoms with Gasteiger partial charge in [-0.15, -0.1) is 0 Å². The Morgan fingerprint density at radius 2 is 2.00 bits per heavy atom. The predicted molar refractivity (Wildman–Crippen MR) is 51.3 cm³/mol. The fourth-order valence-corrected chi connectivity index (χ4v) is 1.56. The first kappa shape index (κ1) is 9.56. The topological polar surface area (TPSA) is 35.5 Å². The van der Waals surface area contributed by atoms with Crippen molar-refractivity contribution in [2.24, 2.45) is 5.92 Å². The number of allylic oxidation sites excluding steroid dienone is 2. The second kappa shape index (κ2) is 3.64. The summed E-state index contributed by atoms with van der Waals surface area (Å²) < 4.78 is 10.6. The molecule has 0 aliphatic heterocycles. The van der Waals surface area contributed by atoms with Crippen molar-refractivity contribution in [3.05, 3.63) is 11.3 Å². The highest BCUT2D eigenvalue weighted by Crippen LogP contribution is 2.45. The average Bonchev–Trinajstić information content (AvgIpc) is 2.94. The van der Waals surface area contributed by atoms with Crippen LogP contribution in [0.15, 0.2) is 11.3 Å². The summed E-state index contributed by atoms with van der Waals surface area (Å²) in [6.07, 6.45) is 4.35. The molecule has 78 valence electrons. The van der Waals surface area contributed by atoms with Crippen LogP contribution in [0.5, 0.6) is 0 Å². The smallest absolute Gasteiger partial charge is 0.305 e. The largest absolute Gasteiger partial charge is 0.459 e. The van der Waals surface area contributed by atoms with E-state index in [1.165, 1.54) is 38.2 Å². The van der Waals surface area contributed by atoms with Crippen LogP contribution in [0, 0.1) is 5.92 Å². The van der Waals surface area contributed by atoms with E-state index in [0.717, 1.165) is 5.76 Å². The Labute approximate surface area is 84.1 Å². The van der Waals surface area contributed by atoms with Crippen molar-refractivity contribution in [3.63, 3.8) is 0 Å². The lowest BCUT2D eigenvalue weighted by atomic mass is 10.3. The van der Waals surface area contributed by atoms with Gasteiger partial charge in [0.1, 0.15) is 5.76 Å². The molecule has 1 unspecified atom stereocenters. The second-order valence-corrected chi connectivity index (χ2v) is 4.04. The highest BCUT2D eigenvalue weighted by Gasteiger charge is 2.34. The molecule has 0 aromatic carbocycles. The van der Waals surface area contributed by atoms with Crippen LogP contribution < -0.4 is 0 Å². The average molecular weight is 196 g/mol. The van der Waals surface area contributed by atoms with Crippen molar-refractivity contribution in [1.82, 2.24) is 0 Å². The summed E-state index contributed by atoms with van der Waals surface area (Å²) in [5.74, 6) is 1.44. The highest BCUT2D eigenvalue weighted by atomic mass is 16.7. The first-order valence-corrected chi connectivity index (χ1v) is 5.22. The van der Waals surface area contributed by atoms with Crippen molar-refractivity contribution in [1.29, 1.82) is 0 Å². The molecule has 14 heavy (non-hydrogen) atoms. The standard InChI is InChI=1S/C11H16O3/c1-7(12)13-8(2)14-11(9-3-4-9)10-5-6-10/h8-9H,3-6H2,1-2H3. The van der Waals surface area contributed by atoms with E-state index >= 15 is 0 Å². The van der Waals surface area contributed by atoms with Crippen LogP contribution >= 0.6 is 0 Å².